The van der Waals surface area contributed by atoms with E-state index in [1.54, 1.807) is 0 Å². The number of rotatable bonds is 1. The van der Waals surface area contributed by atoms with Crippen molar-refractivity contribution >= 4 is 11.8 Å². The molecule has 1 nitrogen and oxygen atoms in total. The maximum Gasteiger partial charge on any atom is 0.0104 e. The van der Waals surface area contributed by atoms with Crippen LogP contribution in [0.15, 0.2) is 29.2 Å². The van der Waals surface area contributed by atoms with E-state index < -0.39 is 0 Å². The highest BCUT2D eigenvalue weighted by molar-refractivity contribution is 7.99. The Balaban J connectivity index is 2.23. The topological polar surface area (TPSA) is 26.0 Å². The van der Waals surface area contributed by atoms with Crippen LogP contribution >= 0.6 is 11.8 Å². The minimum absolute atomic E-state index is 0.685. The summed E-state index contributed by atoms with van der Waals surface area (Å²) in [6.45, 7) is 0.821. The molecule has 1 unspecified atom stereocenters. The molecule has 1 aromatic rings. The zero-order chi connectivity index (χ0) is 8.39. The van der Waals surface area contributed by atoms with Crippen LogP contribution in [0.3, 0.4) is 0 Å². The van der Waals surface area contributed by atoms with E-state index in [2.05, 4.69) is 24.3 Å². The van der Waals surface area contributed by atoms with E-state index in [-0.39, 0.29) is 0 Å². The molecule has 0 spiro atoms. The van der Waals surface area contributed by atoms with Crippen molar-refractivity contribution in [1.29, 1.82) is 0 Å². The van der Waals surface area contributed by atoms with E-state index in [1.165, 1.54) is 22.6 Å². The zero-order valence-electron chi connectivity index (χ0n) is 6.99. The summed E-state index contributed by atoms with van der Waals surface area (Å²) >= 11 is 1.94. The SMILES string of the molecule is NCC1CSc2ccccc2C1. The number of fused-ring (bicyclic) bond motifs is 1. The Morgan fingerprint density at radius 1 is 1.42 bits per heavy atom. The highest BCUT2D eigenvalue weighted by Crippen LogP contribution is 2.31. The Labute approximate surface area is 77.3 Å². The molecule has 64 valence electrons. The minimum atomic E-state index is 0.685. The largest absolute Gasteiger partial charge is 0.330 e. The molecule has 0 radical (unpaired) electrons. The molecule has 0 aliphatic carbocycles. The van der Waals surface area contributed by atoms with Crippen molar-refractivity contribution in [3.8, 4) is 0 Å². The average Bonchev–Trinajstić information content (AvgIpc) is 2.17. The molecule has 2 N–H and O–H groups in total. The Morgan fingerprint density at radius 2 is 2.25 bits per heavy atom. The maximum atomic E-state index is 5.65. The van der Waals surface area contributed by atoms with Gasteiger partial charge in [-0.2, -0.15) is 0 Å². The summed E-state index contributed by atoms with van der Waals surface area (Å²) in [5.74, 6) is 1.87. The van der Waals surface area contributed by atoms with Crippen LogP contribution in [0, 0.1) is 5.92 Å². The number of nitrogens with two attached hydrogens (primary N) is 1. The molecule has 1 aromatic carbocycles. The lowest BCUT2D eigenvalue weighted by Crippen LogP contribution is -2.22. The Bertz CT molecular complexity index is 272. The first-order valence-corrected chi connectivity index (χ1v) is 5.29. The van der Waals surface area contributed by atoms with E-state index in [0.29, 0.717) is 5.92 Å². The number of hydrogen-bond acceptors (Lipinski definition) is 2. The molecule has 2 heteroatoms. The predicted molar refractivity (Wildman–Crippen MR) is 53.4 cm³/mol. The normalized spacial score (nSPS) is 21.9. The third kappa shape index (κ3) is 1.50. The van der Waals surface area contributed by atoms with Crippen LogP contribution in [0.4, 0.5) is 0 Å². The number of benzene rings is 1. The van der Waals surface area contributed by atoms with Gasteiger partial charge in [0.1, 0.15) is 0 Å². The smallest absolute Gasteiger partial charge is 0.0104 e. The summed E-state index contributed by atoms with van der Waals surface area (Å²) in [6.07, 6.45) is 1.17. The van der Waals surface area contributed by atoms with E-state index in [1.807, 2.05) is 11.8 Å². The highest BCUT2D eigenvalue weighted by atomic mass is 32.2. The van der Waals surface area contributed by atoms with Gasteiger partial charge in [0.25, 0.3) is 0 Å². The molecule has 2 rings (SSSR count). The Morgan fingerprint density at radius 3 is 3.08 bits per heavy atom. The van der Waals surface area contributed by atoms with Gasteiger partial charge in [-0.3, -0.25) is 0 Å². The van der Waals surface area contributed by atoms with E-state index >= 15 is 0 Å². The summed E-state index contributed by atoms with van der Waals surface area (Å²) in [4.78, 5) is 1.45. The molecule has 1 atom stereocenters. The van der Waals surface area contributed by atoms with E-state index in [4.69, 9.17) is 5.73 Å². The lowest BCUT2D eigenvalue weighted by atomic mass is 10.0. The molecular formula is C10H13NS. The van der Waals surface area contributed by atoms with Crippen LogP contribution in [-0.2, 0) is 6.42 Å². The zero-order valence-corrected chi connectivity index (χ0v) is 7.81. The van der Waals surface area contributed by atoms with Crippen LogP contribution in [0.25, 0.3) is 0 Å². The Kier molecular flexibility index (Phi) is 2.38. The van der Waals surface area contributed by atoms with Gasteiger partial charge in [0.05, 0.1) is 0 Å². The van der Waals surface area contributed by atoms with Gasteiger partial charge in [-0.15, -0.1) is 11.8 Å². The molecule has 0 saturated heterocycles. The summed E-state index contributed by atoms with van der Waals surface area (Å²) in [5, 5.41) is 0. The summed E-state index contributed by atoms with van der Waals surface area (Å²) in [7, 11) is 0. The third-order valence-electron chi connectivity index (χ3n) is 2.29. The van der Waals surface area contributed by atoms with Crippen molar-refractivity contribution in [2.24, 2.45) is 11.7 Å². The van der Waals surface area contributed by atoms with Crippen LogP contribution in [0.1, 0.15) is 5.56 Å². The van der Waals surface area contributed by atoms with Crippen LogP contribution in [-0.4, -0.2) is 12.3 Å². The first-order valence-electron chi connectivity index (χ1n) is 4.31. The van der Waals surface area contributed by atoms with Gasteiger partial charge in [0.2, 0.25) is 0 Å². The monoisotopic (exact) mass is 179 g/mol. The van der Waals surface area contributed by atoms with E-state index in [0.717, 1.165) is 6.54 Å². The van der Waals surface area contributed by atoms with Crippen LogP contribution < -0.4 is 5.73 Å². The quantitative estimate of drug-likeness (QED) is 0.712. The molecular weight excluding hydrogens is 166 g/mol. The summed E-state index contributed by atoms with van der Waals surface area (Å²) in [6, 6.07) is 8.63. The lowest BCUT2D eigenvalue weighted by molar-refractivity contribution is 0.589. The predicted octanol–water partition coefficient (Wildman–Crippen LogP) is 1.91. The van der Waals surface area contributed by atoms with Crippen molar-refractivity contribution < 1.29 is 0 Å². The van der Waals surface area contributed by atoms with Gasteiger partial charge in [-0.05, 0) is 30.5 Å². The summed E-state index contributed by atoms with van der Waals surface area (Å²) in [5.41, 5.74) is 7.12. The second-order valence-electron chi connectivity index (χ2n) is 3.22. The standard InChI is InChI=1S/C10H13NS/c11-6-8-5-9-3-1-2-4-10(9)12-7-8/h1-4,8H,5-7,11H2. The van der Waals surface area contributed by atoms with E-state index in [9.17, 15) is 0 Å². The highest BCUT2D eigenvalue weighted by Gasteiger charge is 2.16. The molecule has 0 saturated carbocycles. The van der Waals surface area contributed by atoms with Gasteiger partial charge in [0, 0.05) is 10.6 Å². The summed E-state index contributed by atoms with van der Waals surface area (Å²) < 4.78 is 0. The minimum Gasteiger partial charge on any atom is -0.330 e. The fourth-order valence-electron chi connectivity index (χ4n) is 1.54. The van der Waals surface area contributed by atoms with Gasteiger partial charge in [-0.1, -0.05) is 18.2 Å². The molecule has 0 fully saturated rings. The molecule has 0 aromatic heterocycles. The van der Waals surface area contributed by atoms with Crippen LogP contribution in [0.2, 0.25) is 0 Å². The van der Waals surface area contributed by atoms with Gasteiger partial charge in [0.15, 0.2) is 0 Å². The second kappa shape index (κ2) is 3.50. The first-order chi connectivity index (χ1) is 5.90. The first kappa shape index (κ1) is 8.14. The van der Waals surface area contributed by atoms with Gasteiger partial charge < -0.3 is 5.73 Å². The molecule has 1 aliphatic rings. The van der Waals surface area contributed by atoms with Gasteiger partial charge in [-0.25, -0.2) is 0 Å². The maximum absolute atomic E-state index is 5.65. The molecule has 1 heterocycles. The fourth-order valence-corrected chi connectivity index (χ4v) is 2.72. The van der Waals surface area contributed by atoms with Crippen LogP contribution in [0.5, 0.6) is 0 Å². The third-order valence-corrected chi connectivity index (χ3v) is 3.64. The number of thioether (sulfide) groups is 1. The van der Waals surface area contributed by atoms with Crippen molar-refractivity contribution in [2.45, 2.75) is 11.3 Å². The Hall–Kier alpha value is -0.470. The lowest BCUT2D eigenvalue weighted by Gasteiger charge is -2.22. The fraction of sp³-hybridized carbons (Fsp3) is 0.400. The van der Waals surface area contributed by atoms with Gasteiger partial charge >= 0.3 is 0 Å². The van der Waals surface area contributed by atoms with Crippen molar-refractivity contribution in [1.82, 2.24) is 0 Å². The molecule has 1 aliphatic heterocycles. The molecule has 0 amide bonds. The second-order valence-corrected chi connectivity index (χ2v) is 4.29. The molecule has 0 bridgehead atoms. The average molecular weight is 179 g/mol. The molecule has 12 heavy (non-hydrogen) atoms. The van der Waals surface area contributed by atoms with Crippen molar-refractivity contribution in [3.63, 3.8) is 0 Å². The number of hydrogen-bond donors (Lipinski definition) is 1. The van der Waals surface area contributed by atoms with Crippen molar-refractivity contribution in [3.05, 3.63) is 29.8 Å². The van der Waals surface area contributed by atoms with Crippen molar-refractivity contribution in [2.75, 3.05) is 12.3 Å².